The number of aromatic nitrogens is 2. The van der Waals surface area contributed by atoms with Gasteiger partial charge >= 0.3 is 0 Å². The van der Waals surface area contributed by atoms with Gasteiger partial charge in [0.15, 0.2) is 5.16 Å². The fraction of sp³-hybridized carbons (Fsp3) is 0.368. The molecular weight excluding hydrogens is 405 g/mol. The number of hydrogen-bond donors (Lipinski definition) is 0. The van der Waals surface area contributed by atoms with Crippen molar-refractivity contribution in [2.75, 3.05) is 38.6 Å². The molecule has 8 heteroatoms. The highest BCUT2D eigenvalue weighted by atomic mass is 35.5. The lowest BCUT2D eigenvalue weighted by Crippen LogP contribution is -2.37. The first kappa shape index (κ1) is 19.1. The molecule has 0 atom stereocenters. The lowest BCUT2D eigenvalue weighted by Gasteiger charge is -2.26. The Morgan fingerprint density at radius 3 is 2.70 bits per heavy atom. The zero-order valence-corrected chi connectivity index (χ0v) is 17.3. The van der Waals surface area contributed by atoms with E-state index < -0.39 is 0 Å². The van der Waals surface area contributed by atoms with E-state index in [9.17, 15) is 4.39 Å². The summed E-state index contributed by atoms with van der Waals surface area (Å²) >= 11 is 9.75. The maximum absolute atomic E-state index is 13.3. The summed E-state index contributed by atoms with van der Waals surface area (Å²) in [4.78, 5) is 13.6. The van der Waals surface area contributed by atoms with Gasteiger partial charge in [0, 0.05) is 35.8 Å². The molecule has 1 aliphatic rings. The van der Waals surface area contributed by atoms with Crippen LogP contribution < -0.4 is 0 Å². The zero-order chi connectivity index (χ0) is 18.8. The minimum Gasteiger partial charge on any atom is -0.379 e. The third kappa shape index (κ3) is 4.27. The molecule has 2 aromatic heterocycles. The summed E-state index contributed by atoms with van der Waals surface area (Å²) < 4.78 is 18.6. The molecule has 0 spiro atoms. The lowest BCUT2D eigenvalue weighted by molar-refractivity contribution is 0.0410. The molecule has 4 nitrogen and oxygen atoms in total. The maximum atomic E-state index is 13.3. The molecule has 0 amide bonds. The molecule has 0 radical (unpaired) electrons. The minimum absolute atomic E-state index is 0.253. The van der Waals surface area contributed by atoms with E-state index >= 15 is 0 Å². The number of nitrogens with zero attached hydrogens (tertiary/aromatic N) is 3. The Morgan fingerprint density at radius 2 is 1.96 bits per heavy atom. The monoisotopic (exact) mass is 423 g/mol. The molecule has 1 fully saturated rings. The van der Waals surface area contributed by atoms with Crippen molar-refractivity contribution in [2.24, 2.45) is 0 Å². The van der Waals surface area contributed by atoms with E-state index in [1.807, 2.05) is 6.92 Å². The second-order valence-electron chi connectivity index (χ2n) is 6.32. The Labute approximate surface area is 170 Å². The van der Waals surface area contributed by atoms with Gasteiger partial charge in [0.1, 0.15) is 15.8 Å². The van der Waals surface area contributed by atoms with Crippen molar-refractivity contribution in [3.63, 3.8) is 0 Å². The molecule has 0 unspecified atom stereocenters. The highest BCUT2D eigenvalue weighted by molar-refractivity contribution is 7.99. The van der Waals surface area contributed by atoms with Gasteiger partial charge in [-0.05, 0) is 24.6 Å². The topological polar surface area (TPSA) is 38.2 Å². The van der Waals surface area contributed by atoms with Gasteiger partial charge in [-0.2, -0.15) is 0 Å². The summed E-state index contributed by atoms with van der Waals surface area (Å²) in [7, 11) is 0. The van der Waals surface area contributed by atoms with Gasteiger partial charge in [-0.3, -0.25) is 4.90 Å². The Bertz CT molecular complexity index is 942. The first-order chi connectivity index (χ1) is 13.1. The SMILES string of the molecule is Cc1sc2nc(SCCN3CCOCC3)nc(Cl)c2c1-c1ccc(F)cc1. The van der Waals surface area contributed by atoms with E-state index in [1.165, 1.54) is 12.1 Å². The van der Waals surface area contributed by atoms with Crippen LogP contribution in [-0.2, 0) is 4.74 Å². The van der Waals surface area contributed by atoms with E-state index in [-0.39, 0.29) is 5.82 Å². The summed E-state index contributed by atoms with van der Waals surface area (Å²) in [5.74, 6) is 0.661. The second-order valence-corrected chi connectivity index (χ2v) is 8.94. The Balaban J connectivity index is 1.56. The van der Waals surface area contributed by atoms with E-state index in [1.54, 1.807) is 35.2 Å². The number of aryl methyl sites for hydroxylation is 1. The second kappa shape index (κ2) is 8.41. The van der Waals surface area contributed by atoms with Gasteiger partial charge < -0.3 is 4.74 Å². The van der Waals surface area contributed by atoms with Crippen molar-refractivity contribution in [3.05, 3.63) is 40.1 Å². The minimum atomic E-state index is -0.253. The van der Waals surface area contributed by atoms with Crippen molar-refractivity contribution in [1.29, 1.82) is 0 Å². The quantitative estimate of drug-likeness (QED) is 0.332. The average molecular weight is 424 g/mol. The van der Waals surface area contributed by atoms with Gasteiger partial charge in [0.2, 0.25) is 0 Å². The van der Waals surface area contributed by atoms with Crippen LogP contribution in [0.5, 0.6) is 0 Å². The fourth-order valence-electron chi connectivity index (χ4n) is 3.17. The third-order valence-corrected chi connectivity index (χ3v) is 6.64. The predicted octanol–water partition coefficient (Wildman–Crippen LogP) is 4.88. The summed E-state index contributed by atoms with van der Waals surface area (Å²) in [6.07, 6.45) is 0. The van der Waals surface area contributed by atoms with Crippen LogP contribution in [0.3, 0.4) is 0 Å². The van der Waals surface area contributed by atoms with Crippen LogP contribution in [0.15, 0.2) is 29.4 Å². The van der Waals surface area contributed by atoms with Crippen molar-refractivity contribution < 1.29 is 9.13 Å². The van der Waals surface area contributed by atoms with Gasteiger partial charge in [-0.1, -0.05) is 35.5 Å². The molecule has 0 saturated carbocycles. The lowest BCUT2D eigenvalue weighted by atomic mass is 10.0. The zero-order valence-electron chi connectivity index (χ0n) is 14.9. The van der Waals surface area contributed by atoms with Crippen LogP contribution in [0.25, 0.3) is 21.3 Å². The predicted molar refractivity (Wildman–Crippen MR) is 111 cm³/mol. The molecule has 0 aliphatic carbocycles. The molecule has 3 aromatic rings. The molecule has 3 heterocycles. The number of fused-ring (bicyclic) bond motifs is 1. The van der Waals surface area contributed by atoms with Gasteiger partial charge in [0.25, 0.3) is 0 Å². The van der Waals surface area contributed by atoms with Gasteiger partial charge in [-0.15, -0.1) is 11.3 Å². The molecule has 1 aromatic carbocycles. The summed E-state index contributed by atoms with van der Waals surface area (Å²) in [5, 5.41) is 2.01. The van der Waals surface area contributed by atoms with E-state index in [4.69, 9.17) is 21.3 Å². The molecule has 0 bridgehead atoms. The van der Waals surface area contributed by atoms with Crippen LogP contribution in [0, 0.1) is 12.7 Å². The van der Waals surface area contributed by atoms with E-state index in [0.717, 1.165) is 64.8 Å². The van der Waals surface area contributed by atoms with Crippen molar-refractivity contribution >= 4 is 44.9 Å². The standard InChI is InChI=1S/C19H19ClFN3OS2/c1-12-15(13-2-4-14(21)5-3-13)16-17(20)22-19(23-18(16)27-12)26-11-8-24-6-9-25-10-7-24/h2-5H,6-11H2,1H3. The number of halogens is 2. The summed E-state index contributed by atoms with van der Waals surface area (Å²) in [6, 6.07) is 6.46. The number of thioether (sulfide) groups is 1. The van der Waals surface area contributed by atoms with Crippen LogP contribution in [0.2, 0.25) is 5.15 Å². The molecule has 1 saturated heterocycles. The smallest absolute Gasteiger partial charge is 0.190 e. The van der Waals surface area contributed by atoms with Crippen LogP contribution >= 0.6 is 34.7 Å². The average Bonchev–Trinajstić information content (AvgIpc) is 3.00. The summed E-state index contributed by atoms with van der Waals surface area (Å²) in [5.41, 5.74) is 1.92. The fourth-order valence-corrected chi connectivity index (χ4v) is 5.49. The largest absolute Gasteiger partial charge is 0.379 e. The van der Waals surface area contributed by atoms with Crippen molar-refractivity contribution in [3.8, 4) is 11.1 Å². The summed E-state index contributed by atoms with van der Waals surface area (Å²) in [6.45, 7) is 6.59. The first-order valence-corrected chi connectivity index (χ1v) is 11.0. The molecule has 142 valence electrons. The highest BCUT2D eigenvalue weighted by Gasteiger charge is 2.18. The molecule has 1 aliphatic heterocycles. The molecule has 4 rings (SSSR count). The number of thiophene rings is 1. The van der Waals surface area contributed by atoms with E-state index in [0.29, 0.717) is 10.3 Å². The maximum Gasteiger partial charge on any atom is 0.190 e. The number of ether oxygens (including phenoxy) is 1. The molecular formula is C19H19ClFN3OS2. The number of hydrogen-bond acceptors (Lipinski definition) is 6. The van der Waals surface area contributed by atoms with E-state index in [2.05, 4.69) is 9.88 Å². The number of morpholine rings is 1. The normalized spacial score (nSPS) is 15.5. The highest BCUT2D eigenvalue weighted by Crippen LogP contribution is 2.41. The van der Waals surface area contributed by atoms with Crippen LogP contribution in [0.4, 0.5) is 4.39 Å². The Morgan fingerprint density at radius 1 is 1.22 bits per heavy atom. The Kier molecular flexibility index (Phi) is 5.94. The third-order valence-electron chi connectivity index (χ3n) is 4.54. The van der Waals surface area contributed by atoms with Crippen LogP contribution in [0.1, 0.15) is 4.88 Å². The van der Waals surface area contributed by atoms with Crippen molar-refractivity contribution in [1.82, 2.24) is 14.9 Å². The number of rotatable bonds is 5. The van der Waals surface area contributed by atoms with Crippen molar-refractivity contribution in [2.45, 2.75) is 12.1 Å². The van der Waals surface area contributed by atoms with Gasteiger partial charge in [0.05, 0.1) is 18.6 Å². The van der Waals surface area contributed by atoms with Gasteiger partial charge in [-0.25, -0.2) is 14.4 Å². The number of benzene rings is 1. The Hall–Kier alpha value is -1.25. The molecule has 0 N–H and O–H groups in total. The van der Waals surface area contributed by atoms with Crippen LogP contribution in [-0.4, -0.2) is 53.5 Å². The molecule has 27 heavy (non-hydrogen) atoms. The first-order valence-electron chi connectivity index (χ1n) is 8.77.